The van der Waals surface area contributed by atoms with Gasteiger partial charge < -0.3 is 14.4 Å². The van der Waals surface area contributed by atoms with Gasteiger partial charge in [0.05, 0.1) is 27.7 Å². The Hall–Kier alpha value is -0.570. The smallest absolute Gasteiger partial charge is 0.0780 e. The van der Waals surface area contributed by atoms with Crippen LogP contribution in [0.3, 0.4) is 0 Å². The zero-order valence-corrected chi connectivity index (χ0v) is 11.0. The average molecular weight is 217 g/mol. The summed E-state index contributed by atoms with van der Waals surface area (Å²) in [4.78, 5) is 9.65. The van der Waals surface area contributed by atoms with Crippen molar-refractivity contribution in [2.24, 2.45) is 0 Å². The summed E-state index contributed by atoms with van der Waals surface area (Å²) in [6.07, 6.45) is 4.53. The summed E-state index contributed by atoms with van der Waals surface area (Å²) in [6, 6.07) is 0. The zero-order valence-electron chi connectivity index (χ0n) is 11.0. The largest absolute Gasteiger partial charge is 0.550 e. The van der Waals surface area contributed by atoms with E-state index in [9.17, 15) is 9.90 Å². The number of carbonyl (C=O) groups excluding carboxylic acids is 1. The van der Waals surface area contributed by atoms with Crippen LogP contribution < -0.4 is 5.11 Å². The fourth-order valence-corrected chi connectivity index (χ4v) is 0.954. The molecule has 0 spiro atoms. The van der Waals surface area contributed by atoms with Crippen LogP contribution in [-0.2, 0) is 4.79 Å². The minimum absolute atomic E-state index is 0.205. The third-order valence-corrected chi connectivity index (χ3v) is 1.92. The maximum Gasteiger partial charge on any atom is 0.0780 e. The topological polar surface area (TPSA) is 40.1 Å². The first-order valence-corrected chi connectivity index (χ1v) is 5.83. The van der Waals surface area contributed by atoms with E-state index in [1.54, 1.807) is 0 Å². The molecule has 0 unspecified atom stereocenters. The molecule has 0 rings (SSSR count). The Labute approximate surface area is 94.7 Å². The van der Waals surface area contributed by atoms with E-state index in [4.69, 9.17) is 0 Å². The SMILES string of the molecule is CCCCC(=O)[O-].CCCC[N+](C)(C)C. The monoisotopic (exact) mass is 217 g/mol. The second-order valence-corrected chi connectivity index (χ2v) is 4.84. The Morgan fingerprint density at radius 3 is 1.67 bits per heavy atom. The minimum Gasteiger partial charge on any atom is -0.550 e. The van der Waals surface area contributed by atoms with E-state index in [0.29, 0.717) is 0 Å². The van der Waals surface area contributed by atoms with Gasteiger partial charge in [-0.15, -0.1) is 0 Å². The molecule has 0 bridgehead atoms. The molecule has 0 radical (unpaired) electrons. The number of carboxylic acid groups (broad SMARTS) is 1. The molecule has 92 valence electrons. The van der Waals surface area contributed by atoms with Crippen molar-refractivity contribution in [2.75, 3.05) is 27.7 Å². The molecule has 0 heterocycles. The van der Waals surface area contributed by atoms with Gasteiger partial charge in [-0.05, 0) is 19.3 Å². The van der Waals surface area contributed by atoms with Gasteiger partial charge in [0.15, 0.2) is 0 Å². The van der Waals surface area contributed by atoms with Gasteiger partial charge in [-0.1, -0.05) is 26.7 Å². The first kappa shape index (κ1) is 16.8. The van der Waals surface area contributed by atoms with Gasteiger partial charge in [0.1, 0.15) is 0 Å². The van der Waals surface area contributed by atoms with Gasteiger partial charge in [-0.2, -0.15) is 0 Å². The Kier molecular flexibility index (Phi) is 11.2. The predicted molar refractivity (Wildman–Crippen MR) is 62.3 cm³/mol. The summed E-state index contributed by atoms with van der Waals surface area (Å²) in [7, 11) is 6.70. The van der Waals surface area contributed by atoms with Crippen LogP contribution in [0.1, 0.15) is 46.0 Å². The first-order chi connectivity index (χ1) is 6.83. The second kappa shape index (κ2) is 9.97. The average Bonchev–Trinajstić information content (AvgIpc) is 2.11. The van der Waals surface area contributed by atoms with Crippen molar-refractivity contribution in [3.05, 3.63) is 0 Å². The Morgan fingerprint density at radius 1 is 1.07 bits per heavy atom. The van der Waals surface area contributed by atoms with Gasteiger partial charge in [0.25, 0.3) is 0 Å². The summed E-state index contributed by atoms with van der Waals surface area (Å²) < 4.78 is 1.10. The van der Waals surface area contributed by atoms with E-state index in [2.05, 4.69) is 28.1 Å². The van der Waals surface area contributed by atoms with Crippen molar-refractivity contribution in [1.82, 2.24) is 0 Å². The number of nitrogens with zero attached hydrogens (tertiary/aromatic N) is 1. The second-order valence-electron chi connectivity index (χ2n) is 4.84. The highest BCUT2D eigenvalue weighted by Gasteiger charge is 2.02. The molecule has 0 aromatic carbocycles. The Morgan fingerprint density at radius 2 is 1.53 bits per heavy atom. The van der Waals surface area contributed by atoms with Crippen LogP contribution in [0.15, 0.2) is 0 Å². The standard InChI is InChI=1S/C7H18N.C5H10O2/c1-5-6-7-8(2,3)4;1-2-3-4-5(6)7/h5-7H2,1-4H3;2-4H2,1H3,(H,6,7)/q+1;/p-1. The molecular weight excluding hydrogens is 190 g/mol. The maximum absolute atomic E-state index is 9.65. The minimum atomic E-state index is -0.943. The lowest BCUT2D eigenvalue weighted by Gasteiger charge is -2.23. The summed E-state index contributed by atoms with van der Waals surface area (Å²) >= 11 is 0. The molecule has 0 saturated heterocycles. The molecule has 0 N–H and O–H groups in total. The molecule has 3 heteroatoms. The maximum atomic E-state index is 9.65. The van der Waals surface area contributed by atoms with Gasteiger partial charge in [-0.3, -0.25) is 0 Å². The summed E-state index contributed by atoms with van der Waals surface area (Å²) in [6.45, 7) is 5.48. The normalized spacial score (nSPS) is 10.5. The number of aliphatic carboxylic acids is 1. The van der Waals surface area contributed by atoms with Crippen LogP contribution in [0, 0.1) is 0 Å². The van der Waals surface area contributed by atoms with Crippen LogP contribution in [0.2, 0.25) is 0 Å². The summed E-state index contributed by atoms with van der Waals surface area (Å²) in [5.41, 5.74) is 0. The molecule has 0 aliphatic carbocycles. The van der Waals surface area contributed by atoms with E-state index in [1.165, 1.54) is 19.4 Å². The van der Waals surface area contributed by atoms with Crippen molar-refractivity contribution >= 4 is 5.97 Å². The fourth-order valence-electron chi connectivity index (χ4n) is 0.954. The predicted octanol–water partition coefficient (Wildman–Crippen LogP) is 1.42. The van der Waals surface area contributed by atoms with Crippen LogP contribution in [-0.4, -0.2) is 38.1 Å². The molecule has 0 amide bonds. The number of carbonyl (C=O) groups is 1. The van der Waals surface area contributed by atoms with Crippen molar-refractivity contribution < 1.29 is 14.4 Å². The number of hydrogen-bond acceptors (Lipinski definition) is 2. The van der Waals surface area contributed by atoms with Crippen molar-refractivity contribution in [3.63, 3.8) is 0 Å². The molecule has 0 saturated carbocycles. The number of unbranched alkanes of at least 4 members (excludes halogenated alkanes) is 2. The molecular formula is C12H27NO2. The van der Waals surface area contributed by atoms with Gasteiger partial charge in [-0.25, -0.2) is 0 Å². The number of hydrogen-bond donors (Lipinski definition) is 0. The summed E-state index contributed by atoms with van der Waals surface area (Å²) in [5.74, 6) is -0.943. The van der Waals surface area contributed by atoms with Crippen molar-refractivity contribution in [1.29, 1.82) is 0 Å². The van der Waals surface area contributed by atoms with Gasteiger partial charge >= 0.3 is 0 Å². The van der Waals surface area contributed by atoms with Gasteiger partial charge in [0.2, 0.25) is 0 Å². The molecule has 0 aliphatic rings. The molecule has 0 aromatic rings. The van der Waals surface area contributed by atoms with Crippen LogP contribution in [0.25, 0.3) is 0 Å². The van der Waals surface area contributed by atoms with E-state index in [-0.39, 0.29) is 6.42 Å². The highest BCUT2D eigenvalue weighted by molar-refractivity contribution is 5.63. The highest BCUT2D eigenvalue weighted by Crippen LogP contribution is 1.95. The molecule has 3 nitrogen and oxygen atoms in total. The van der Waals surface area contributed by atoms with E-state index >= 15 is 0 Å². The van der Waals surface area contributed by atoms with Crippen LogP contribution >= 0.6 is 0 Å². The summed E-state index contributed by atoms with van der Waals surface area (Å²) in [5, 5.41) is 9.65. The highest BCUT2D eigenvalue weighted by atomic mass is 16.4. The van der Waals surface area contributed by atoms with Crippen LogP contribution in [0.4, 0.5) is 0 Å². The molecule has 0 fully saturated rings. The number of rotatable bonds is 6. The van der Waals surface area contributed by atoms with E-state index < -0.39 is 5.97 Å². The quantitative estimate of drug-likeness (QED) is 0.631. The molecule has 0 atom stereocenters. The van der Waals surface area contributed by atoms with Gasteiger partial charge in [0, 0.05) is 5.97 Å². The number of carboxylic acids is 1. The van der Waals surface area contributed by atoms with Crippen molar-refractivity contribution in [3.8, 4) is 0 Å². The lowest BCUT2D eigenvalue weighted by molar-refractivity contribution is -0.870. The third kappa shape index (κ3) is 24.7. The number of quaternary nitrogens is 1. The fraction of sp³-hybridized carbons (Fsp3) is 0.917. The van der Waals surface area contributed by atoms with E-state index in [1.807, 2.05) is 6.92 Å². The van der Waals surface area contributed by atoms with E-state index in [0.717, 1.165) is 17.3 Å². The third-order valence-electron chi connectivity index (χ3n) is 1.92. The molecule has 15 heavy (non-hydrogen) atoms. The Bertz CT molecular complexity index is 150. The lowest BCUT2D eigenvalue weighted by Crippen LogP contribution is -2.35. The Balaban J connectivity index is 0. The zero-order chi connectivity index (χ0) is 12.3. The molecule has 0 aliphatic heterocycles. The van der Waals surface area contributed by atoms with Crippen LogP contribution in [0.5, 0.6) is 0 Å². The van der Waals surface area contributed by atoms with Crippen molar-refractivity contribution in [2.45, 2.75) is 46.0 Å². The molecule has 0 aromatic heterocycles. The first-order valence-electron chi connectivity index (χ1n) is 5.83. The lowest BCUT2D eigenvalue weighted by atomic mass is 10.3.